The normalized spacial score (nSPS) is 26.8. The molecule has 0 radical (unpaired) electrons. The van der Waals surface area contributed by atoms with Gasteiger partial charge in [0.2, 0.25) is 0 Å². The van der Waals surface area contributed by atoms with Crippen LogP contribution in [0.15, 0.2) is 42.0 Å². The molecule has 2 bridgehead atoms. The molecule has 19 heavy (non-hydrogen) atoms. The summed E-state index contributed by atoms with van der Waals surface area (Å²) in [5, 5.41) is 8.81. The third-order valence-corrected chi connectivity index (χ3v) is 4.03. The SMILES string of the molecule is N#CC=C1CC2COCC(C1)N2Cc1ccccc1. The molecule has 2 saturated heterocycles. The van der Waals surface area contributed by atoms with Gasteiger partial charge in [-0.3, -0.25) is 4.90 Å². The van der Waals surface area contributed by atoms with E-state index in [1.807, 2.05) is 0 Å². The molecule has 0 aromatic heterocycles. The van der Waals surface area contributed by atoms with Crippen molar-refractivity contribution in [2.75, 3.05) is 13.2 Å². The van der Waals surface area contributed by atoms with Gasteiger partial charge < -0.3 is 4.74 Å². The highest BCUT2D eigenvalue weighted by molar-refractivity contribution is 5.21. The Morgan fingerprint density at radius 2 is 1.89 bits per heavy atom. The van der Waals surface area contributed by atoms with Crippen LogP contribution < -0.4 is 0 Å². The summed E-state index contributed by atoms with van der Waals surface area (Å²) in [7, 11) is 0. The number of rotatable bonds is 2. The van der Waals surface area contributed by atoms with Crippen molar-refractivity contribution in [2.24, 2.45) is 0 Å². The molecule has 0 aliphatic carbocycles. The molecule has 3 heteroatoms. The van der Waals surface area contributed by atoms with Crippen molar-refractivity contribution in [1.29, 1.82) is 5.26 Å². The summed E-state index contributed by atoms with van der Waals surface area (Å²) in [4.78, 5) is 2.55. The zero-order valence-corrected chi connectivity index (χ0v) is 11.0. The molecule has 3 nitrogen and oxygen atoms in total. The second-order valence-electron chi connectivity index (χ2n) is 5.34. The molecule has 2 atom stereocenters. The van der Waals surface area contributed by atoms with Crippen molar-refractivity contribution in [2.45, 2.75) is 31.5 Å². The van der Waals surface area contributed by atoms with Gasteiger partial charge in [-0.05, 0) is 18.4 Å². The topological polar surface area (TPSA) is 36.3 Å². The fraction of sp³-hybridized carbons (Fsp3) is 0.438. The van der Waals surface area contributed by atoms with Gasteiger partial charge in [0.05, 0.1) is 19.3 Å². The second kappa shape index (κ2) is 5.56. The maximum Gasteiger partial charge on any atom is 0.0911 e. The Morgan fingerprint density at radius 3 is 2.53 bits per heavy atom. The first-order valence-corrected chi connectivity index (χ1v) is 6.82. The number of fused-ring (bicyclic) bond motifs is 2. The molecule has 1 aromatic rings. The summed E-state index contributed by atoms with van der Waals surface area (Å²) >= 11 is 0. The Hall–Kier alpha value is -1.63. The zero-order valence-electron chi connectivity index (χ0n) is 11.0. The number of hydrogen-bond acceptors (Lipinski definition) is 3. The van der Waals surface area contributed by atoms with Crippen LogP contribution in [-0.2, 0) is 11.3 Å². The van der Waals surface area contributed by atoms with Crippen molar-refractivity contribution >= 4 is 0 Å². The van der Waals surface area contributed by atoms with E-state index in [2.05, 4.69) is 41.3 Å². The second-order valence-corrected chi connectivity index (χ2v) is 5.34. The minimum absolute atomic E-state index is 0.423. The van der Waals surface area contributed by atoms with Crippen molar-refractivity contribution in [3.63, 3.8) is 0 Å². The molecule has 0 saturated carbocycles. The van der Waals surface area contributed by atoms with E-state index < -0.39 is 0 Å². The van der Waals surface area contributed by atoms with Crippen LogP contribution in [0.25, 0.3) is 0 Å². The maximum absolute atomic E-state index is 8.81. The van der Waals surface area contributed by atoms with Crippen LogP contribution >= 0.6 is 0 Å². The summed E-state index contributed by atoms with van der Waals surface area (Å²) in [5.74, 6) is 0. The van der Waals surface area contributed by atoms with Crippen LogP contribution in [0.2, 0.25) is 0 Å². The predicted octanol–water partition coefficient (Wildman–Crippen LogP) is 2.50. The van der Waals surface area contributed by atoms with Crippen molar-refractivity contribution in [1.82, 2.24) is 4.90 Å². The largest absolute Gasteiger partial charge is 0.378 e. The van der Waals surface area contributed by atoms with Crippen LogP contribution in [-0.4, -0.2) is 30.2 Å². The number of hydrogen-bond donors (Lipinski definition) is 0. The lowest BCUT2D eigenvalue weighted by Gasteiger charge is -2.46. The Morgan fingerprint density at radius 1 is 1.21 bits per heavy atom. The Labute approximate surface area is 114 Å². The number of benzene rings is 1. The molecule has 0 spiro atoms. The maximum atomic E-state index is 8.81. The lowest BCUT2D eigenvalue weighted by atomic mass is 9.89. The lowest BCUT2D eigenvalue weighted by Crippen LogP contribution is -2.54. The van der Waals surface area contributed by atoms with Crippen LogP contribution in [0, 0.1) is 11.3 Å². The van der Waals surface area contributed by atoms with Gasteiger partial charge in [-0.1, -0.05) is 35.9 Å². The van der Waals surface area contributed by atoms with Crippen molar-refractivity contribution in [3.8, 4) is 6.07 Å². The van der Waals surface area contributed by atoms with Gasteiger partial charge in [0.15, 0.2) is 0 Å². The van der Waals surface area contributed by atoms with Crippen LogP contribution in [0.3, 0.4) is 0 Å². The standard InChI is InChI=1S/C16H18N2O/c17-7-6-14-8-15-11-19-12-16(9-14)18(15)10-13-4-2-1-3-5-13/h1-6,15-16H,8-12H2. The minimum Gasteiger partial charge on any atom is -0.378 e. The van der Waals surface area contributed by atoms with E-state index in [1.54, 1.807) is 6.08 Å². The van der Waals surface area contributed by atoms with Crippen LogP contribution in [0.5, 0.6) is 0 Å². The zero-order chi connectivity index (χ0) is 13.1. The number of nitriles is 1. The van der Waals surface area contributed by atoms with E-state index in [9.17, 15) is 0 Å². The first-order chi connectivity index (χ1) is 9.36. The number of piperidine rings is 1. The molecule has 3 rings (SSSR count). The highest BCUT2D eigenvalue weighted by Crippen LogP contribution is 2.32. The Kier molecular flexibility index (Phi) is 3.63. The van der Waals surface area contributed by atoms with Crippen LogP contribution in [0.1, 0.15) is 18.4 Å². The predicted molar refractivity (Wildman–Crippen MR) is 73.3 cm³/mol. The van der Waals surface area contributed by atoms with Gasteiger partial charge in [0.1, 0.15) is 0 Å². The van der Waals surface area contributed by atoms with Crippen molar-refractivity contribution in [3.05, 3.63) is 47.5 Å². The number of ether oxygens (including phenoxy) is 1. The minimum atomic E-state index is 0.423. The molecule has 2 unspecified atom stereocenters. The number of nitrogens with zero attached hydrogens (tertiary/aromatic N) is 2. The van der Waals surface area contributed by atoms with Gasteiger partial charge in [0, 0.05) is 24.7 Å². The van der Waals surface area contributed by atoms with E-state index >= 15 is 0 Å². The quantitative estimate of drug-likeness (QED) is 0.761. The average Bonchev–Trinajstić information content (AvgIpc) is 2.41. The number of morpholine rings is 1. The molecule has 0 amide bonds. The summed E-state index contributed by atoms with van der Waals surface area (Å²) in [6, 6.07) is 13.6. The summed E-state index contributed by atoms with van der Waals surface area (Å²) in [5.41, 5.74) is 2.64. The Bertz CT molecular complexity index is 487. The van der Waals surface area contributed by atoms with E-state index in [-0.39, 0.29) is 0 Å². The highest BCUT2D eigenvalue weighted by atomic mass is 16.5. The molecule has 2 aliphatic heterocycles. The van der Waals surface area contributed by atoms with Gasteiger partial charge in [-0.2, -0.15) is 5.26 Å². The van der Waals surface area contributed by atoms with E-state index in [4.69, 9.17) is 10.00 Å². The first kappa shape index (κ1) is 12.4. The van der Waals surface area contributed by atoms with Crippen molar-refractivity contribution < 1.29 is 4.74 Å². The van der Waals surface area contributed by atoms with E-state index in [0.717, 1.165) is 32.6 Å². The molecular weight excluding hydrogens is 236 g/mol. The average molecular weight is 254 g/mol. The van der Waals surface area contributed by atoms with E-state index in [0.29, 0.717) is 12.1 Å². The van der Waals surface area contributed by atoms with Gasteiger partial charge in [-0.25, -0.2) is 0 Å². The third-order valence-electron chi connectivity index (χ3n) is 4.03. The van der Waals surface area contributed by atoms with Gasteiger partial charge >= 0.3 is 0 Å². The summed E-state index contributed by atoms with van der Waals surface area (Å²) < 4.78 is 5.68. The monoisotopic (exact) mass is 254 g/mol. The summed E-state index contributed by atoms with van der Waals surface area (Å²) in [6.45, 7) is 2.55. The Balaban J connectivity index is 1.76. The fourth-order valence-electron chi connectivity index (χ4n) is 3.13. The molecule has 2 heterocycles. The number of allylic oxidation sites excluding steroid dienone is 1. The third kappa shape index (κ3) is 2.70. The molecule has 98 valence electrons. The fourth-order valence-corrected chi connectivity index (χ4v) is 3.13. The summed E-state index contributed by atoms with van der Waals surface area (Å²) in [6.07, 6.45) is 3.67. The molecule has 2 aliphatic rings. The van der Waals surface area contributed by atoms with Crippen LogP contribution in [0.4, 0.5) is 0 Å². The first-order valence-electron chi connectivity index (χ1n) is 6.82. The lowest BCUT2D eigenvalue weighted by molar-refractivity contribution is -0.0655. The van der Waals surface area contributed by atoms with Gasteiger partial charge in [-0.15, -0.1) is 0 Å². The van der Waals surface area contributed by atoms with Gasteiger partial charge in [0.25, 0.3) is 0 Å². The molecule has 2 fully saturated rings. The van der Waals surface area contributed by atoms with E-state index in [1.165, 1.54) is 11.1 Å². The highest BCUT2D eigenvalue weighted by Gasteiger charge is 2.36. The smallest absolute Gasteiger partial charge is 0.0911 e. The molecular formula is C16H18N2O. The molecule has 0 N–H and O–H groups in total. The molecule has 1 aromatic carbocycles.